The van der Waals surface area contributed by atoms with Crippen LogP contribution in [-0.4, -0.2) is 46.5 Å². The Labute approximate surface area is 182 Å². The number of aliphatic carboxylic acids is 1. The number of anilines is 1. The lowest BCUT2D eigenvalue weighted by Crippen LogP contribution is -2.60. The van der Waals surface area contributed by atoms with Crippen LogP contribution in [0.15, 0.2) is 24.3 Å². The maximum atomic E-state index is 12.7. The van der Waals surface area contributed by atoms with Crippen LogP contribution in [0.2, 0.25) is 0 Å². The largest absolute Gasteiger partial charge is 0.481 e. The summed E-state index contributed by atoms with van der Waals surface area (Å²) >= 11 is 0. The molecule has 1 aromatic rings. The van der Waals surface area contributed by atoms with Crippen LogP contribution in [-0.2, 0) is 4.79 Å². The summed E-state index contributed by atoms with van der Waals surface area (Å²) in [5, 5.41) is 15.3. The van der Waals surface area contributed by atoms with Crippen LogP contribution >= 0.6 is 0 Å². The van der Waals surface area contributed by atoms with Gasteiger partial charge >= 0.3 is 12.0 Å². The van der Waals surface area contributed by atoms with Gasteiger partial charge in [0.1, 0.15) is 0 Å². The number of urea groups is 1. The number of benzene rings is 1. The molecular weight excluding hydrogens is 394 g/mol. The number of carboxylic acid groups (broad SMARTS) is 1. The lowest BCUT2D eigenvalue weighted by atomic mass is 9.53. The predicted octanol–water partition coefficient (Wildman–Crippen LogP) is 3.71. The standard InChI is InChI=1S/C24H31N3O4/c28-21(27-7-5-19(6-8-27)22(29)30)18-1-3-20(4-2-18)25-23(31)26-24-12-15-9-16(13-24)11-17(10-15)14-24/h1-4,15-17,19H,5-14H2,(H,29,30)(H2,25,26,31). The number of nitrogens with one attached hydrogen (secondary N) is 2. The van der Waals surface area contributed by atoms with E-state index in [1.54, 1.807) is 29.2 Å². The van der Waals surface area contributed by atoms with Crippen molar-refractivity contribution in [2.24, 2.45) is 23.7 Å². The molecule has 3 N–H and O–H groups in total. The zero-order valence-corrected chi connectivity index (χ0v) is 17.8. The van der Waals surface area contributed by atoms with Crippen molar-refractivity contribution in [2.45, 2.75) is 56.9 Å². The number of carbonyl (C=O) groups excluding carboxylic acids is 2. The van der Waals surface area contributed by atoms with E-state index in [2.05, 4.69) is 10.6 Å². The molecule has 1 saturated heterocycles. The Morgan fingerprint density at radius 1 is 0.903 bits per heavy atom. The van der Waals surface area contributed by atoms with Crippen molar-refractivity contribution in [3.8, 4) is 0 Å². The van der Waals surface area contributed by atoms with Crippen molar-refractivity contribution in [3.63, 3.8) is 0 Å². The van der Waals surface area contributed by atoms with Gasteiger partial charge in [0.2, 0.25) is 0 Å². The second kappa shape index (κ2) is 7.84. The predicted molar refractivity (Wildman–Crippen MR) is 116 cm³/mol. The molecule has 3 amide bonds. The quantitative estimate of drug-likeness (QED) is 0.685. The van der Waals surface area contributed by atoms with E-state index in [1.165, 1.54) is 19.3 Å². The number of carboxylic acids is 1. The van der Waals surface area contributed by atoms with Crippen LogP contribution in [0.1, 0.15) is 61.7 Å². The van der Waals surface area contributed by atoms with Gasteiger partial charge in [-0.25, -0.2) is 4.79 Å². The number of piperidine rings is 1. The molecule has 0 unspecified atom stereocenters. The maximum Gasteiger partial charge on any atom is 0.319 e. The molecule has 0 atom stereocenters. The van der Waals surface area contributed by atoms with Gasteiger partial charge in [0.15, 0.2) is 0 Å². The average molecular weight is 426 g/mol. The van der Waals surface area contributed by atoms with Gasteiger partial charge in [0, 0.05) is 29.9 Å². The molecule has 1 heterocycles. The smallest absolute Gasteiger partial charge is 0.319 e. The van der Waals surface area contributed by atoms with Crippen molar-refractivity contribution >= 4 is 23.6 Å². The highest BCUT2D eigenvalue weighted by Gasteiger charge is 2.51. The van der Waals surface area contributed by atoms with Gasteiger partial charge in [-0.3, -0.25) is 9.59 Å². The Morgan fingerprint density at radius 3 is 1.97 bits per heavy atom. The first-order valence-corrected chi connectivity index (χ1v) is 11.6. The van der Waals surface area contributed by atoms with Gasteiger partial charge in [-0.2, -0.15) is 0 Å². The average Bonchev–Trinajstić information content (AvgIpc) is 2.72. The molecule has 1 aliphatic heterocycles. The van der Waals surface area contributed by atoms with E-state index in [0.717, 1.165) is 37.0 Å². The van der Waals surface area contributed by atoms with Crippen LogP contribution in [0.25, 0.3) is 0 Å². The summed E-state index contributed by atoms with van der Waals surface area (Å²) in [6.45, 7) is 0.923. The molecule has 4 saturated carbocycles. The summed E-state index contributed by atoms with van der Waals surface area (Å²) in [7, 11) is 0. The maximum absolute atomic E-state index is 12.7. The van der Waals surface area contributed by atoms with Crippen molar-refractivity contribution in [1.82, 2.24) is 10.2 Å². The van der Waals surface area contributed by atoms with E-state index in [0.29, 0.717) is 37.2 Å². The highest BCUT2D eigenvalue weighted by atomic mass is 16.4. The summed E-state index contributed by atoms with van der Waals surface area (Å²) in [4.78, 5) is 38.2. The highest BCUT2D eigenvalue weighted by Crippen LogP contribution is 2.55. The third kappa shape index (κ3) is 4.14. The fourth-order valence-electron chi connectivity index (χ4n) is 6.88. The molecule has 31 heavy (non-hydrogen) atoms. The first-order chi connectivity index (χ1) is 14.9. The number of nitrogens with zero attached hydrogens (tertiary/aromatic N) is 1. The van der Waals surface area contributed by atoms with Crippen LogP contribution in [0.5, 0.6) is 0 Å². The second-order valence-corrected chi connectivity index (χ2v) is 10.3. The number of carbonyl (C=O) groups is 3. The van der Waals surface area contributed by atoms with E-state index in [-0.39, 0.29) is 23.4 Å². The summed E-state index contributed by atoms with van der Waals surface area (Å²) in [6.07, 6.45) is 8.33. The number of rotatable bonds is 4. The molecule has 0 aromatic heterocycles. The van der Waals surface area contributed by atoms with Crippen molar-refractivity contribution in [3.05, 3.63) is 29.8 Å². The van der Waals surface area contributed by atoms with E-state index in [4.69, 9.17) is 5.11 Å². The summed E-state index contributed by atoms with van der Waals surface area (Å²) in [5.74, 6) is 1.10. The molecule has 4 bridgehead atoms. The van der Waals surface area contributed by atoms with Gasteiger partial charge in [-0.15, -0.1) is 0 Å². The zero-order chi connectivity index (χ0) is 21.6. The third-order valence-electron chi connectivity index (χ3n) is 7.94. The molecule has 0 radical (unpaired) electrons. The van der Waals surface area contributed by atoms with E-state index in [9.17, 15) is 14.4 Å². The minimum Gasteiger partial charge on any atom is -0.481 e. The molecule has 166 valence electrons. The number of amides is 3. The van der Waals surface area contributed by atoms with Gasteiger partial charge in [-0.1, -0.05) is 0 Å². The minimum absolute atomic E-state index is 0.0309. The lowest BCUT2D eigenvalue weighted by molar-refractivity contribution is -0.143. The van der Waals surface area contributed by atoms with Gasteiger partial charge in [0.25, 0.3) is 5.91 Å². The minimum atomic E-state index is -0.783. The molecule has 7 heteroatoms. The van der Waals surface area contributed by atoms with Gasteiger partial charge in [-0.05, 0) is 93.4 Å². The third-order valence-corrected chi connectivity index (χ3v) is 7.94. The lowest BCUT2D eigenvalue weighted by Gasteiger charge is -2.56. The molecule has 7 nitrogen and oxygen atoms in total. The molecule has 6 rings (SSSR count). The molecular formula is C24H31N3O4. The van der Waals surface area contributed by atoms with E-state index < -0.39 is 5.97 Å². The first-order valence-electron chi connectivity index (χ1n) is 11.6. The number of hydrogen-bond acceptors (Lipinski definition) is 3. The molecule has 1 aromatic carbocycles. The topological polar surface area (TPSA) is 98.7 Å². The summed E-state index contributed by atoms with van der Waals surface area (Å²) in [6, 6.07) is 6.82. The van der Waals surface area contributed by atoms with E-state index >= 15 is 0 Å². The second-order valence-electron chi connectivity index (χ2n) is 10.3. The van der Waals surface area contributed by atoms with Crippen LogP contribution in [0.3, 0.4) is 0 Å². The van der Waals surface area contributed by atoms with Crippen LogP contribution in [0, 0.1) is 23.7 Å². The fraction of sp³-hybridized carbons (Fsp3) is 0.625. The molecule has 0 spiro atoms. The van der Waals surface area contributed by atoms with Gasteiger partial charge < -0.3 is 20.6 Å². The van der Waals surface area contributed by atoms with E-state index in [1.807, 2.05) is 0 Å². The fourth-order valence-corrected chi connectivity index (χ4v) is 6.88. The molecule has 5 aliphatic rings. The Morgan fingerprint density at radius 2 is 1.45 bits per heavy atom. The van der Waals surface area contributed by atoms with Crippen molar-refractivity contribution in [2.75, 3.05) is 18.4 Å². The zero-order valence-electron chi connectivity index (χ0n) is 17.8. The SMILES string of the molecule is O=C(Nc1ccc(C(=O)N2CCC(C(=O)O)CC2)cc1)NC12CC3CC(CC(C3)C1)C2. The first kappa shape index (κ1) is 20.3. The Bertz CT molecular complexity index is 838. The van der Waals surface area contributed by atoms with Crippen LogP contribution in [0.4, 0.5) is 10.5 Å². The number of hydrogen-bond donors (Lipinski definition) is 3. The summed E-state index contributed by atoms with van der Waals surface area (Å²) < 4.78 is 0. The monoisotopic (exact) mass is 425 g/mol. The van der Waals surface area contributed by atoms with Crippen molar-refractivity contribution in [1.29, 1.82) is 0 Å². The Kier molecular flexibility index (Phi) is 5.15. The van der Waals surface area contributed by atoms with Crippen LogP contribution < -0.4 is 10.6 Å². The molecule has 5 fully saturated rings. The Hall–Kier alpha value is -2.57. The number of likely N-dealkylation sites (tertiary alicyclic amines) is 1. The van der Waals surface area contributed by atoms with Gasteiger partial charge in [0.05, 0.1) is 5.92 Å². The normalized spacial score (nSPS) is 32.0. The molecule has 4 aliphatic carbocycles. The van der Waals surface area contributed by atoms with Crippen molar-refractivity contribution < 1.29 is 19.5 Å². The highest BCUT2D eigenvalue weighted by molar-refractivity contribution is 5.95. The summed E-state index contributed by atoms with van der Waals surface area (Å²) in [5.41, 5.74) is 1.20. The Balaban J connectivity index is 1.16.